The Morgan fingerprint density at radius 3 is 0.735 bits per heavy atom. The smallest absolute Gasteiger partial charge is 0.306 e. The maximum atomic E-state index is 13.0. The summed E-state index contributed by atoms with van der Waals surface area (Å²) in [5.74, 6) is -0.856. The lowest BCUT2D eigenvalue weighted by Crippen LogP contribution is -2.30. The molecule has 0 aromatic carbocycles. The van der Waals surface area contributed by atoms with Crippen LogP contribution in [0.15, 0.2) is 85.1 Å². The topological polar surface area (TPSA) is 78.9 Å². The van der Waals surface area contributed by atoms with Crippen LogP contribution >= 0.6 is 0 Å². The van der Waals surface area contributed by atoms with Gasteiger partial charge in [-0.3, -0.25) is 14.4 Å². The van der Waals surface area contributed by atoms with E-state index >= 15 is 0 Å². The SMILES string of the molecule is CC/C=C\C/C=C\C/C=C\C/C=C\C/C=C\CCCCCCCCCCCCCC(=O)OCC(COC(=O)CCCCCCCCCCCCCCC)OC(=O)CCCCCCCCCCCCCCC/C=C\C/C=C\CCCCCCC. The summed E-state index contributed by atoms with van der Waals surface area (Å²) in [6.45, 7) is 6.57. The molecule has 0 spiro atoms. The number of hydrogen-bond donors (Lipinski definition) is 0. The highest BCUT2D eigenvalue weighted by atomic mass is 16.6. The number of unbranched alkanes of at least 4 members (excludes halogenated alkanes) is 41. The van der Waals surface area contributed by atoms with Gasteiger partial charge in [0.25, 0.3) is 0 Å². The molecule has 0 amide bonds. The van der Waals surface area contributed by atoms with E-state index in [0.29, 0.717) is 19.3 Å². The molecule has 0 bridgehead atoms. The minimum atomic E-state index is -0.778. The molecule has 6 heteroatoms. The van der Waals surface area contributed by atoms with E-state index in [1.165, 1.54) is 231 Å². The van der Waals surface area contributed by atoms with Crippen LogP contribution in [-0.2, 0) is 28.6 Å². The minimum absolute atomic E-state index is 0.0728. The Morgan fingerprint density at radius 2 is 0.470 bits per heavy atom. The van der Waals surface area contributed by atoms with Crippen molar-refractivity contribution >= 4 is 17.9 Å². The van der Waals surface area contributed by atoms with Gasteiger partial charge in [-0.1, -0.05) is 337 Å². The molecular formula is C77H136O6. The van der Waals surface area contributed by atoms with Crippen LogP contribution < -0.4 is 0 Å². The second-order valence-electron chi connectivity index (χ2n) is 24.1. The molecular weight excluding hydrogens is 1020 g/mol. The van der Waals surface area contributed by atoms with Crippen LogP contribution in [0.2, 0.25) is 0 Å². The van der Waals surface area contributed by atoms with E-state index in [1.807, 2.05) is 0 Å². The van der Waals surface area contributed by atoms with Gasteiger partial charge in [-0.2, -0.15) is 0 Å². The fourth-order valence-corrected chi connectivity index (χ4v) is 10.5. The van der Waals surface area contributed by atoms with E-state index in [0.717, 1.165) is 96.3 Å². The predicted molar refractivity (Wildman–Crippen MR) is 362 cm³/mol. The molecule has 6 nitrogen and oxygen atoms in total. The lowest BCUT2D eigenvalue weighted by Gasteiger charge is -2.18. The van der Waals surface area contributed by atoms with Gasteiger partial charge in [0.15, 0.2) is 6.10 Å². The molecule has 1 unspecified atom stereocenters. The van der Waals surface area contributed by atoms with Crippen molar-refractivity contribution in [3.63, 3.8) is 0 Å². The van der Waals surface area contributed by atoms with Gasteiger partial charge in [-0.25, -0.2) is 0 Å². The lowest BCUT2D eigenvalue weighted by atomic mass is 10.0. The zero-order valence-corrected chi connectivity index (χ0v) is 55.2. The first kappa shape index (κ1) is 79.6. The molecule has 0 fully saturated rings. The van der Waals surface area contributed by atoms with Crippen molar-refractivity contribution in [3.8, 4) is 0 Å². The first-order chi connectivity index (χ1) is 41.0. The van der Waals surface area contributed by atoms with E-state index in [9.17, 15) is 14.4 Å². The third kappa shape index (κ3) is 69.3. The van der Waals surface area contributed by atoms with Crippen LogP contribution in [0.3, 0.4) is 0 Å². The average molecular weight is 1160 g/mol. The van der Waals surface area contributed by atoms with Crippen LogP contribution in [0.5, 0.6) is 0 Å². The molecule has 0 N–H and O–H groups in total. The summed E-state index contributed by atoms with van der Waals surface area (Å²) >= 11 is 0. The quantitative estimate of drug-likeness (QED) is 0.0261. The van der Waals surface area contributed by atoms with Gasteiger partial charge in [-0.05, 0) is 96.3 Å². The second-order valence-corrected chi connectivity index (χ2v) is 24.1. The molecule has 0 aliphatic heterocycles. The standard InChI is InChI=1S/C77H136O6/c1-4-7-10-13-16-19-22-25-27-29-31-33-35-37-38-40-41-43-45-47-49-52-55-58-61-64-67-70-76(79)82-73-74(72-81-75(78)69-66-63-60-57-54-51-24-21-18-15-12-9-6-3)83-77(80)71-68-65-62-59-56-53-50-48-46-44-42-39-36-34-32-30-28-26-23-20-17-14-11-8-5-2/h7,10,16,19,23,25-27,30-33,37-38,74H,4-6,8-9,11-15,17-18,20-22,24,28-29,34-36,39-73H2,1-3H3/b10-7-,19-16-,26-23-,27-25-,32-30-,33-31-,38-37-. The maximum absolute atomic E-state index is 13.0. The zero-order chi connectivity index (χ0) is 59.9. The lowest BCUT2D eigenvalue weighted by molar-refractivity contribution is -0.167. The van der Waals surface area contributed by atoms with Crippen molar-refractivity contribution in [1.29, 1.82) is 0 Å². The highest BCUT2D eigenvalue weighted by molar-refractivity contribution is 5.71. The van der Waals surface area contributed by atoms with E-state index < -0.39 is 6.10 Å². The van der Waals surface area contributed by atoms with Crippen molar-refractivity contribution in [2.24, 2.45) is 0 Å². The van der Waals surface area contributed by atoms with Gasteiger partial charge in [-0.15, -0.1) is 0 Å². The molecule has 0 radical (unpaired) electrons. The largest absolute Gasteiger partial charge is 0.462 e. The van der Waals surface area contributed by atoms with E-state index in [1.54, 1.807) is 0 Å². The molecule has 0 aliphatic carbocycles. The summed E-state index contributed by atoms with van der Waals surface area (Å²) in [7, 11) is 0. The summed E-state index contributed by atoms with van der Waals surface area (Å²) in [6, 6.07) is 0. The molecule has 0 aromatic heterocycles. The van der Waals surface area contributed by atoms with Crippen LogP contribution in [0, 0.1) is 0 Å². The second kappa shape index (κ2) is 71.1. The zero-order valence-electron chi connectivity index (χ0n) is 55.2. The average Bonchev–Trinajstić information content (AvgIpc) is 3.49. The number of carbonyl (C=O) groups excluding carboxylic acids is 3. The van der Waals surface area contributed by atoms with Crippen molar-refractivity contribution in [2.45, 2.75) is 374 Å². The summed E-state index contributed by atoms with van der Waals surface area (Å²) in [5, 5.41) is 0. The van der Waals surface area contributed by atoms with Crippen molar-refractivity contribution in [1.82, 2.24) is 0 Å². The summed E-state index contributed by atoms with van der Waals surface area (Å²) in [5.41, 5.74) is 0. The molecule has 0 rings (SSSR count). The molecule has 0 aromatic rings. The van der Waals surface area contributed by atoms with Gasteiger partial charge >= 0.3 is 17.9 Å². The van der Waals surface area contributed by atoms with Gasteiger partial charge in [0.05, 0.1) is 0 Å². The number of ether oxygens (including phenoxy) is 3. The van der Waals surface area contributed by atoms with Gasteiger partial charge in [0, 0.05) is 19.3 Å². The molecule has 0 saturated carbocycles. The normalized spacial score (nSPS) is 12.6. The first-order valence-electron chi connectivity index (χ1n) is 36.1. The summed E-state index contributed by atoms with van der Waals surface area (Å²) in [4.78, 5) is 38.5. The monoisotopic (exact) mass is 1160 g/mol. The first-order valence-corrected chi connectivity index (χ1v) is 36.1. The Balaban J connectivity index is 4.27. The molecule has 0 saturated heterocycles. The number of carbonyl (C=O) groups is 3. The molecule has 0 heterocycles. The van der Waals surface area contributed by atoms with Gasteiger partial charge < -0.3 is 14.2 Å². The summed E-state index contributed by atoms with van der Waals surface area (Å²) in [6.07, 6.45) is 94.7. The summed E-state index contributed by atoms with van der Waals surface area (Å²) < 4.78 is 17.0. The number of rotatable bonds is 66. The number of hydrogen-bond acceptors (Lipinski definition) is 6. The van der Waals surface area contributed by atoms with E-state index in [-0.39, 0.29) is 31.1 Å². The van der Waals surface area contributed by atoms with Crippen LogP contribution in [0.4, 0.5) is 0 Å². The third-order valence-electron chi connectivity index (χ3n) is 15.9. The molecule has 1 atom stereocenters. The Hall–Kier alpha value is -3.41. The predicted octanol–water partition coefficient (Wildman–Crippen LogP) is 25.0. The van der Waals surface area contributed by atoms with E-state index in [4.69, 9.17) is 14.2 Å². The highest BCUT2D eigenvalue weighted by Crippen LogP contribution is 2.18. The Morgan fingerprint density at radius 1 is 0.253 bits per heavy atom. The maximum Gasteiger partial charge on any atom is 0.306 e. The van der Waals surface area contributed by atoms with Crippen molar-refractivity contribution in [3.05, 3.63) is 85.1 Å². The fourth-order valence-electron chi connectivity index (χ4n) is 10.5. The molecule has 480 valence electrons. The number of esters is 3. The van der Waals surface area contributed by atoms with E-state index in [2.05, 4.69) is 106 Å². The molecule has 0 aliphatic rings. The fraction of sp³-hybridized carbons (Fsp3) is 0.779. The van der Waals surface area contributed by atoms with Crippen LogP contribution in [0.25, 0.3) is 0 Å². The van der Waals surface area contributed by atoms with Crippen LogP contribution in [0.1, 0.15) is 367 Å². The Bertz CT molecular complexity index is 1570. The minimum Gasteiger partial charge on any atom is -0.462 e. The van der Waals surface area contributed by atoms with Gasteiger partial charge in [0.1, 0.15) is 13.2 Å². The van der Waals surface area contributed by atoms with Crippen molar-refractivity contribution in [2.75, 3.05) is 13.2 Å². The van der Waals surface area contributed by atoms with Gasteiger partial charge in [0.2, 0.25) is 0 Å². The Labute approximate surface area is 515 Å². The number of allylic oxidation sites excluding steroid dienone is 14. The van der Waals surface area contributed by atoms with Crippen molar-refractivity contribution < 1.29 is 28.6 Å². The highest BCUT2D eigenvalue weighted by Gasteiger charge is 2.19. The van der Waals surface area contributed by atoms with Crippen LogP contribution in [-0.4, -0.2) is 37.2 Å². The Kier molecular flexibility index (Phi) is 68.2. The molecule has 83 heavy (non-hydrogen) atoms. The third-order valence-corrected chi connectivity index (χ3v) is 15.9.